The number of nitrogens with two attached hydrogens (primary N) is 1. The van der Waals surface area contributed by atoms with Crippen molar-refractivity contribution >= 4 is 0 Å². The van der Waals surface area contributed by atoms with Gasteiger partial charge in [-0.1, -0.05) is 6.92 Å². The summed E-state index contributed by atoms with van der Waals surface area (Å²) in [6.45, 7) is 4.96. The van der Waals surface area contributed by atoms with Crippen LogP contribution in [0, 0.1) is 11.8 Å². The third-order valence-corrected chi connectivity index (χ3v) is 2.39. The van der Waals surface area contributed by atoms with Gasteiger partial charge in [-0.05, 0) is 37.6 Å². The van der Waals surface area contributed by atoms with Gasteiger partial charge < -0.3 is 10.5 Å². The minimum Gasteiger partial charge on any atom is -0.381 e. The van der Waals surface area contributed by atoms with Gasteiger partial charge in [-0.2, -0.15) is 0 Å². The van der Waals surface area contributed by atoms with E-state index in [2.05, 4.69) is 6.92 Å². The normalized spacial score (nSPS) is 28.4. The maximum atomic E-state index is 5.55. The fourth-order valence-electron chi connectivity index (χ4n) is 1.66. The van der Waals surface area contributed by atoms with E-state index in [0.29, 0.717) is 5.92 Å². The first kappa shape index (κ1) is 9.01. The van der Waals surface area contributed by atoms with Crippen molar-refractivity contribution in [3.8, 4) is 0 Å². The molecule has 66 valence electrons. The Labute approximate surface area is 69.1 Å². The van der Waals surface area contributed by atoms with E-state index in [0.717, 1.165) is 25.7 Å². The lowest BCUT2D eigenvalue weighted by Gasteiger charge is -2.24. The van der Waals surface area contributed by atoms with Crippen LogP contribution in [-0.4, -0.2) is 19.8 Å². The lowest BCUT2D eigenvalue weighted by Crippen LogP contribution is -2.22. The molecule has 1 heterocycles. The van der Waals surface area contributed by atoms with E-state index >= 15 is 0 Å². The van der Waals surface area contributed by atoms with Crippen molar-refractivity contribution in [1.29, 1.82) is 0 Å². The molecule has 2 N–H and O–H groups in total. The second-order valence-corrected chi connectivity index (χ2v) is 3.66. The summed E-state index contributed by atoms with van der Waals surface area (Å²) in [5, 5.41) is 0. The molecule has 2 heteroatoms. The molecule has 0 aromatic rings. The van der Waals surface area contributed by atoms with Gasteiger partial charge in [-0.3, -0.25) is 0 Å². The van der Waals surface area contributed by atoms with Gasteiger partial charge in [0.1, 0.15) is 0 Å². The van der Waals surface area contributed by atoms with E-state index in [1.54, 1.807) is 0 Å². The van der Waals surface area contributed by atoms with Crippen molar-refractivity contribution in [3.05, 3.63) is 0 Å². The average Bonchev–Trinajstić information content (AvgIpc) is 2.06. The van der Waals surface area contributed by atoms with Gasteiger partial charge in [0.15, 0.2) is 0 Å². The predicted molar refractivity (Wildman–Crippen MR) is 46.4 cm³/mol. The smallest absolute Gasteiger partial charge is 0.0494 e. The molecule has 0 radical (unpaired) electrons. The summed E-state index contributed by atoms with van der Waals surface area (Å²) >= 11 is 0. The number of hydrogen-bond acceptors (Lipinski definition) is 2. The predicted octanol–water partition coefficient (Wildman–Crippen LogP) is 1.40. The van der Waals surface area contributed by atoms with Crippen LogP contribution in [0.15, 0.2) is 0 Å². The lowest BCUT2D eigenvalue weighted by atomic mass is 9.91. The Kier molecular flexibility index (Phi) is 3.87. The van der Waals surface area contributed by atoms with Gasteiger partial charge in [-0.15, -0.1) is 0 Å². The van der Waals surface area contributed by atoms with Crippen molar-refractivity contribution in [2.75, 3.05) is 19.8 Å². The van der Waals surface area contributed by atoms with Crippen LogP contribution in [-0.2, 0) is 4.74 Å². The van der Waals surface area contributed by atoms with Crippen LogP contribution >= 0.6 is 0 Å². The van der Waals surface area contributed by atoms with Gasteiger partial charge in [-0.25, -0.2) is 0 Å². The highest BCUT2D eigenvalue weighted by atomic mass is 16.5. The van der Waals surface area contributed by atoms with E-state index in [9.17, 15) is 0 Å². The van der Waals surface area contributed by atoms with Crippen molar-refractivity contribution in [2.45, 2.75) is 26.2 Å². The van der Waals surface area contributed by atoms with Gasteiger partial charge in [0, 0.05) is 13.2 Å². The topological polar surface area (TPSA) is 35.2 Å². The van der Waals surface area contributed by atoms with Gasteiger partial charge in [0.2, 0.25) is 0 Å². The zero-order valence-corrected chi connectivity index (χ0v) is 7.38. The molecule has 1 fully saturated rings. The number of rotatable bonds is 3. The highest BCUT2D eigenvalue weighted by Crippen LogP contribution is 2.20. The summed E-state index contributed by atoms with van der Waals surface area (Å²) in [5.41, 5.74) is 5.55. The molecule has 0 aromatic heterocycles. The monoisotopic (exact) mass is 157 g/mol. The molecule has 1 saturated heterocycles. The van der Waals surface area contributed by atoms with Crippen molar-refractivity contribution < 1.29 is 4.74 Å². The van der Waals surface area contributed by atoms with Crippen molar-refractivity contribution in [2.24, 2.45) is 17.6 Å². The maximum absolute atomic E-state index is 5.55. The summed E-state index contributed by atoms with van der Waals surface area (Å²) in [4.78, 5) is 0. The largest absolute Gasteiger partial charge is 0.381 e. The van der Waals surface area contributed by atoms with E-state index in [1.165, 1.54) is 19.3 Å². The summed E-state index contributed by atoms with van der Waals surface area (Å²) in [7, 11) is 0. The maximum Gasteiger partial charge on any atom is 0.0494 e. The summed E-state index contributed by atoms with van der Waals surface area (Å²) in [5.74, 6) is 1.45. The minimum atomic E-state index is 0.668. The minimum absolute atomic E-state index is 0.668. The first-order valence-corrected chi connectivity index (χ1v) is 4.60. The average molecular weight is 157 g/mol. The Morgan fingerprint density at radius 1 is 1.64 bits per heavy atom. The number of hydrogen-bond donors (Lipinski definition) is 1. The lowest BCUT2D eigenvalue weighted by molar-refractivity contribution is 0.0465. The Morgan fingerprint density at radius 3 is 3.00 bits per heavy atom. The molecule has 2 unspecified atom stereocenters. The van der Waals surface area contributed by atoms with Crippen molar-refractivity contribution in [3.63, 3.8) is 0 Å². The number of ether oxygens (including phenoxy) is 1. The van der Waals surface area contributed by atoms with Gasteiger partial charge >= 0.3 is 0 Å². The molecule has 0 saturated carbocycles. The quantitative estimate of drug-likeness (QED) is 0.672. The van der Waals surface area contributed by atoms with E-state index < -0.39 is 0 Å². The molecule has 0 spiro atoms. The molecule has 1 aliphatic rings. The zero-order valence-electron chi connectivity index (χ0n) is 7.38. The van der Waals surface area contributed by atoms with E-state index in [1.807, 2.05) is 0 Å². The summed E-state index contributed by atoms with van der Waals surface area (Å²) in [6.07, 6.45) is 3.82. The standard InChI is InChI=1S/C9H19NO/c1-8(6-10)5-9-3-2-4-11-7-9/h8-9H,2-7,10H2,1H3. The first-order chi connectivity index (χ1) is 5.33. The Morgan fingerprint density at radius 2 is 2.45 bits per heavy atom. The van der Waals surface area contributed by atoms with Gasteiger partial charge in [0.05, 0.1) is 0 Å². The fraction of sp³-hybridized carbons (Fsp3) is 1.00. The Bertz CT molecular complexity index is 99.7. The highest BCUT2D eigenvalue weighted by molar-refractivity contribution is 4.66. The SMILES string of the molecule is CC(CN)CC1CCCOC1. The zero-order chi connectivity index (χ0) is 8.10. The molecule has 11 heavy (non-hydrogen) atoms. The second kappa shape index (κ2) is 4.73. The molecule has 0 aromatic carbocycles. The van der Waals surface area contributed by atoms with Gasteiger partial charge in [0.25, 0.3) is 0 Å². The van der Waals surface area contributed by atoms with E-state index in [-0.39, 0.29) is 0 Å². The third-order valence-electron chi connectivity index (χ3n) is 2.39. The molecule has 1 aliphatic heterocycles. The molecular weight excluding hydrogens is 138 g/mol. The molecule has 2 atom stereocenters. The third kappa shape index (κ3) is 3.21. The molecular formula is C9H19NO. The fourth-order valence-corrected chi connectivity index (χ4v) is 1.66. The molecule has 2 nitrogen and oxygen atoms in total. The van der Waals surface area contributed by atoms with Crippen LogP contribution in [0.2, 0.25) is 0 Å². The molecule has 0 aliphatic carbocycles. The summed E-state index contributed by atoms with van der Waals surface area (Å²) in [6, 6.07) is 0. The summed E-state index contributed by atoms with van der Waals surface area (Å²) < 4.78 is 5.39. The molecule has 1 rings (SSSR count). The van der Waals surface area contributed by atoms with Crippen LogP contribution in [0.3, 0.4) is 0 Å². The Balaban J connectivity index is 2.13. The van der Waals surface area contributed by atoms with Crippen LogP contribution in [0.5, 0.6) is 0 Å². The molecule has 0 bridgehead atoms. The van der Waals surface area contributed by atoms with E-state index in [4.69, 9.17) is 10.5 Å². The second-order valence-electron chi connectivity index (χ2n) is 3.66. The van der Waals surface area contributed by atoms with Crippen LogP contribution in [0.25, 0.3) is 0 Å². The Hall–Kier alpha value is -0.0800. The van der Waals surface area contributed by atoms with Crippen LogP contribution < -0.4 is 5.73 Å². The van der Waals surface area contributed by atoms with Crippen LogP contribution in [0.1, 0.15) is 26.2 Å². The van der Waals surface area contributed by atoms with Crippen molar-refractivity contribution in [1.82, 2.24) is 0 Å². The first-order valence-electron chi connectivity index (χ1n) is 4.60. The van der Waals surface area contributed by atoms with Crippen LogP contribution in [0.4, 0.5) is 0 Å². The highest BCUT2D eigenvalue weighted by Gasteiger charge is 2.15. The molecule has 0 amide bonds.